The highest BCUT2D eigenvalue weighted by molar-refractivity contribution is 7.13. The van der Waals surface area contributed by atoms with Crippen molar-refractivity contribution in [2.75, 3.05) is 16.0 Å². The molecular formula is C28H24N6OS. The number of carbonyl (C=O) groups is 1. The Labute approximate surface area is 213 Å². The van der Waals surface area contributed by atoms with E-state index in [4.69, 9.17) is 0 Å². The first kappa shape index (κ1) is 23.2. The first-order valence-electron chi connectivity index (χ1n) is 11.4. The maximum absolute atomic E-state index is 12.7. The fourth-order valence-corrected chi connectivity index (χ4v) is 4.38. The molecule has 3 N–H and O–H groups in total. The SMILES string of the molecule is Cc1ccnc(Nc2cc(Nc3ccc(NC(=O)c4ccc(-c5cccs5)cc4)cc3)nc(C)n2)c1. The summed E-state index contributed by atoms with van der Waals surface area (Å²) in [6, 6.07) is 24.9. The average molecular weight is 493 g/mol. The second-order valence-electron chi connectivity index (χ2n) is 8.24. The van der Waals surface area contributed by atoms with Crippen LogP contribution in [0.4, 0.5) is 28.8 Å². The van der Waals surface area contributed by atoms with Gasteiger partial charge in [-0.3, -0.25) is 4.79 Å². The molecule has 36 heavy (non-hydrogen) atoms. The predicted molar refractivity (Wildman–Crippen MR) is 146 cm³/mol. The molecule has 8 heteroatoms. The van der Waals surface area contributed by atoms with Crippen molar-refractivity contribution in [3.63, 3.8) is 0 Å². The van der Waals surface area contributed by atoms with E-state index < -0.39 is 0 Å². The van der Waals surface area contributed by atoms with E-state index in [0.717, 1.165) is 22.6 Å². The molecule has 0 unspecified atom stereocenters. The van der Waals surface area contributed by atoms with Gasteiger partial charge in [-0.15, -0.1) is 11.3 Å². The third kappa shape index (κ3) is 5.73. The highest BCUT2D eigenvalue weighted by Crippen LogP contribution is 2.25. The standard InChI is InChI=1S/C28H24N6OS/c1-18-13-14-29-25(16-18)34-27-17-26(30-19(2)31-27)32-22-9-11-23(12-10-22)33-28(35)21-7-5-20(6-8-21)24-4-3-15-36-24/h3-17H,1-2H3,(H,33,35)(H2,29,30,31,32,34). The molecule has 0 spiro atoms. The monoisotopic (exact) mass is 492 g/mol. The van der Waals surface area contributed by atoms with Crippen molar-refractivity contribution in [3.05, 3.63) is 107 Å². The van der Waals surface area contributed by atoms with Crippen LogP contribution >= 0.6 is 11.3 Å². The normalized spacial score (nSPS) is 10.6. The molecule has 2 aromatic carbocycles. The summed E-state index contributed by atoms with van der Waals surface area (Å²) < 4.78 is 0. The third-order valence-electron chi connectivity index (χ3n) is 5.38. The van der Waals surface area contributed by atoms with Gasteiger partial charge in [0.2, 0.25) is 0 Å². The number of nitrogens with one attached hydrogen (secondary N) is 3. The highest BCUT2D eigenvalue weighted by Gasteiger charge is 2.08. The van der Waals surface area contributed by atoms with Gasteiger partial charge in [0, 0.05) is 34.1 Å². The zero-order chi connectivity index (χ0) is 24.9. The summed E-state index contributed by atoms with van der Waals surface area (Å²) in [6.45, 7) is 3.85. The fourth-order valence-electron chi connectivity index (χ4n) is 3.65. The van der Waals surface area contributed by atoms with Gasteiger partial charge >= 0.3 is 0 Å². The smallest absolute Gasteiger partial charge is 0.255 e. The largest absolute Gasteiger partial charge is 0.340 e. The maximum atomic E-state index is 12.7. The molecule has 0 radical (unpaired) electrons. The van der Waals surface area contributed by atoms with Crippen LogP contribution in [0.3, 0.4) is 0 Å². The Morgan fingerprint density at radius 1 is 0.778 bits per heavy atom. The first-order chi connectivity index (χ1) is 17.5. The number of amides is 1. The van der Waals surface area contributed by atoms with Crippen LogP contribution in [0.2, 0.25) is 0 Å². The average Bonchev–Trinajstić information content (AvgIpc) is 3.40. The summed E-state index contributed by atoms with van der Waals surface area (Å²) in [5, 5.41) is 11.5. The molecular weight excluding hydrogens is 468 g/mol. The molecule has 3 heterocycles. The van der Waals surface area contributed by atoms with Crippen molar-refractivity contribution in [2.45, 2.75) is 13.8 Å². The van der Waals surface area contributed by atoms with E-state index in [9.17, 15) is 4.79 Å². The molecule has 0 saturated heterocycles. The molecule has 0 bridgehead atoms. The third-order valence-corrected chi connectivity index (χ3v) is 6.30. The van der Waals surface area contributed by atoms with Crippen molar-refractivity contribution in [1.29, 1.82) is 0 Å². The summed E-state index contributed by atoms with van der Waals surface area (Å²) in [6.07, 6.45) is 1.76. The lowest BCUT2D eigenvalue weighted by Crippen LogP contribution is -2.11. The summed E-state index contributed by atoms with van der Waals surface area (Å²) in [5.41, 5.74) is 4.37. The number of pyridine rings is 1. The second kappa shape index (κ2) is 10.4. The van der Waals surface area contributed by atoms with Crippen LogP contribution in [-0.4, -0.2) is 20.9 Å². The topological polar surface area (TPSA) is 91.8 Å². The summed E-state index contributed by atoms with van der Waals surface area (Å²) >= 11 is 1.68. The number of rotatable bonds is 7. The molecule has 0 aliphatic heterocycles. The van der Waals surface area contributed by atoms with Gasteiger partial charge in [0.15, 0.2) is 0 Å². The maximum Gasteiger partial charge on any atom is 0.255 e. The lowest BCUT2D eigenvalue weighted by molar-refractivity contribution is 0.102. The Morgan fingerprint density at radius 2 is 1.50 bits per heavy atom. The highest BCUT2D eigenvalue weighted by atomic mass is 32.1. The van der Waals surface area contributed by atoms with Crippen LogP contribution < -0.4 is 16.0 Å². The first-order valence-corrected chi connectivity index (χ1v) is 12.3. The number of hydrogen-bond acceptors (Lipinski definition) is 7. The minimum absolute atomic E-state index is 0.152. The lowest BCUT2D eigenvalue weighted by Gasteiger charge is -2.11. The van der Waals surface area contributed by atoms with Crippen LogP contribution in [0.1, 0.15) is 21.7 Å². The Bertz CT molecular complexity index is 1480. The number of anilines is 5. The van der Waals surface area contributed by atoms with Crippen molar-refractivity contribution in [2.24, 2.45) is 0 Å². The number of hydrogen-bond donors (Lipinski definition) is 3. The Balaban J connectivity index is 1.23. The molecule has 5 rings (SSSR count). The molecule has 5 aromatic rings. The van der Waals surface area contributed by atoms with E-state index >= 15 is 0 Å². The van der Waals surface area contributed by atoms with E-state index in [1.54, 1.807) is 17.5 Å². The predicted octanol–water partition coefficient (Wildman–Crippen LogP) is 6.96. The van der Waals surface area contributed by atoms with Crippen LogP contribution in [-0.2, 0) is 0 Å². The molecule has 0 aliphatic carbocycles. The summed E-state index contributed by atoms with van der Waals surface area (Å²) in [4.78, 5) is 27.1. The quantitative estimate of drug-likeness (QED) is 0.228. The van der Waals surface area contributed by atoms with Crippen molar-refractivity contribution < 1.29 is 4.79 Å². The summed E-state index contributed by atoms with van der Waals surface area (Å²) in [5.74, 6) is 2.50. The molecule has 0 fully saturated rings. The van der Waals surface area contributed by atoms with E-state index in [1.807, 2.05) is 92.0 Å². The van der Waals surface area contributed by atoms with Crippen molar-refractivity contribution in [3.8, 4) is 10.4 Å². The minimum Gasteiger partial charge on any atom is -0.340 e. The van der Waals surface area contributed by atoms with Crippen LogP contribution in [0.15, 0.2) is 90.4 Å². The number of thiophene rings is 1. The van der Waals surface area contributed by atoms with Gasteiger partial charge in [0.1, 0.15) is 23.3 Å². The van der Waals surface area contributed by atoms with Gasteiger partial charge in [-0.25, -0.2) is 15.0 Å². The van der Waals surface area contributed by atoms with Crippen molar-refractivity contribution >= 4 is 46.1 Å². The second-order valence-corrected chi connectivity index (χ2v) is 9.19. The Hall–Kier alpha value is -4.56. The fraction of sp³-hybridized carbons (Fsp3) is 0.0714. The number of aromatic nitrogens is 3. The van der Waals surface area contributed by atoms with E-state index in [1.165, 1.54) is 4.88 Å². The molecule has 0 atom stereocenters. The summed E-state index contributed by atoms with van der Waals surface area (Å²) in [7, 11) is 0. The van der Waals surface area contributed by atoms with E-state index in [2.05, 4.69) is 37.0 Å². The van der Waals surface area contributed by atoms with Crippen LogP contribution in [0.5, 0.6) is 0 Å². The van der Waals surface area contributed by atoms with Crippen LogP contribution in [0, 0.1) is 13.8 Å². The van der Waals surface area contributed by atoms with Gasteiger partial charge in [-0.2, -0.15) is 0 Å². The molecule has 178 valence electrons. The van der Waals surface area contributed by atoms with Gasteiger partial charge < -0.3 is 16.0 Å². The van der Waals surface area contributed by atoms with E-state index in [0.29, 0.717) is 28.7 Å². The Kier molecular flexibility index (Phi) is 6.68. The minimum atomic E-state index is -0.152. The molecule has 0 saturated carbocycles. The molecule has 3 aromatic heterocycles. The zero-order valence-electron chi connectivity index (χ0n) is 19.8. The number of benzene rings is 2. The van der Waals surface area contributed by atoms with Gasteiger partial charge in [0.05, 0.1) is 0 Å². The zero-order valence-corrected chi connectivity index (χ0v) is 20.6. The molecule has 0 aliphatic rings. The lowest BCUT2D eigenvalue weighted by atomic mass is 10.1. The number of nitrogens with zero attached hydrogens (tertiary/aromatic N) is 3. The molecule has 1 amide bonds. The van der Waals surface area contributed by atoms with Gasteiger partial charge in [-0.1, -0.05) is 18.2 Å². The molecule has 7 nitrogen and oxygen atoms in total. The van der Waals surface area contributed by atoms with Crippen LogP contribution in [0.25, 0.3) is 10.4 Å². The van der Waals surface area contributed by atoms with Crippen molar-refractivity contribution in [1.82, 2.24) is 15.0 Å². The number of carbonyl (C=O) groups excluding carboxylic acids is 1. The van der Waals surface area contributed by atoms with Gasteiger partial charge in [-0.05, 0) is 85.0 Å². The Morgan fingerprint density at radius 3 is 2.19 bits per heavy atom. The van der Waals surface area contributed by atoms with Gasteiger partial charge in [0.25, 0.3) is 5.91 Å². The van der Waals surface area contributed by atoms with E-state index in [-0.39, 0.29) is 5.91 Å². The number of aryl methyl sites for hydroxylation is 2.